The van der Waals surface area contributed by atoms with Crippen molar-refractivity contribution in [2.75, 3.05) is 0 Å². The Morgan fingerprint density at radius 2 is 1.00 bits per heavy atom. The van der Waals surface area contributed by atoms with E-state index in [1.165, 1.54) is 17.4 Å². The van der Waals surface area contributed by atoms with Crippen LogP contribution in [-0.2, 0) is 15.8 Å². The number of thiophene rings is 2. The summed E-state index contributed by atoms with van der Waals surface area (Å²) in [6, 6.07) is 16.5. The van der Waals surface area contributed by atoms with Gasteiger partial charge in [-0.15, -0.1) is 22.7 Å². The molecule has 0 amide bonds. The Balaban J connectivity index is 1.26. The van der Waals surface area contributed by atoms with E-state index < -0.39 is 34.9 Å². The fourth-order valence-corrected chi connectivity index (χ4v) is 8.99. The molecule has 2 aliphatic rings. The maximum absolute atomic E-state index is 13.3. The van der Waals surface area contributed by atoms with Gasteiger partial charge in [-0.3, -0.25) is 19.2 Å². The van der Waals surface area contributed by atoms with Gasteiger partial charge in [0, 0.05) is 52.2 Å². The molecule has 9 heteroatoms. The van der Waals surface area contributed by atoms with E-state index in [9.17, 15) is 32.3 Å². The van der Waals surface area contributed by atoms with Gasteiger partial charge in [0.2, 0.25) is 23.1 Å². The molecule has 2 aliphatic carbocycles. The fourth-order valence-electron chi connectivity index (χ4n) is 6.60. The molecule has 4 nitrogen and oxygen atoms in total. The van der Waals surface area contributed by atoms with Crippen molar-refractivity contribution < 1.29 is 32.3 Å². The van der Waals surface area contributed by atoms with E-state index in [-0.39, 0.29) is 16.7 Å². The van der Waals surface area contributed by atoms with Crippen LogP contribution >= 0.6 is 22.7 Å². The van der Waals surface area contributed by atoms with Gasteiger partial charge in [0.25, 0.3) is 0 Å². The van der Waals surface area contributed by atoms with Crippen molar-refractivity contribution in [2.45, 2.75) is 26.9 Å². The van der Waals surface area contributed by atoms with Gasteiger partial charge in [-0.05, 0) is 108 Å². The van der Waals surface area contributed by atoms with Gasteiger partial charge in [-0.1, -0.05) is 23.8 Å². The highest BCUT2D eigenvalue weighted by molar-refractivity contribution is 7.22. The third kappa shape index (κ3) is 4.41. The molecule has 6 aromatic rings. The number of carbonyl (C=O) groups excluding carboxylic acids is 4. The summed E-state index contributed by atoms with van der Waals surface area (Å²) in [5, 5.41) is 4.03. The van der Waals surface area contributed by atoms with Gasteiger partial charge in [0.15, 0.2) is 0 Å². The van der Waals surface area contributed by atoms with Crippen LogP contribution in [0.25, 0.3) is 54.2 Å². The minimum atomic E-state index is -4.63. The van der Waals surface area contributed by atoms with Crippen molar-refractivity contribution >= 4 is 100 Å². The lowest BCUT2D eigenvalue weighted by atomic mass is 9.99. The summed E-state index contributed by atoms with van der Waals surface area (Å²) in [7, 11) is 0. The van der Waals surface area contributed by atoms with Gasteiger partial charge in [0.1, 0.15) is 0 Å². The molecule has 0 aliphatic heterocycles. The summed E-state index contributed by atoms with van der Waals surface area (Å²) in [6.07, 6.45) is -1.24. The van der Waals surface area contributed by atoms with Crippen molar-refractivity contribution in [3.8, 4) is 0 Å². The van der Waals surface area contributed by atoms with Crippen LogP contribution in [0.4, 0.5) is 13.2 Å². The smallest absolute Gasteiger partial charge is 0.285 e. The molecule has 0 spiro atoms. The number of fused-ring (bicyclic) bond motifs is 7. The zero-order chi connectivity index (χ0) is 33.1. The van der Waals surface area contributed by atoms with Crippen LogP contribution in [0.5, 0.6) is 0 Å². The monoisotopic (exact) mass is 662 g/mol. The number of aryl methyl sites for hydroxylation is 3. The normalized spacial score (nSPS) is 16.6. The van der Waals surface area contributed by atoms with E-state index in [1.54, 1.807) is 29.6 Å². The maximum atomic E-state index is 13.3. The van der Waals surface area contributed by atoms with Crippen molar-refractivity contribution in [1.82, 2.24) is 0 Å². The number of rotatable bonds is 2. The number of Topliss-reactive ketones (excluding diaryl/α,β-unsaturated/α-hetero) is 4. The molecule has 2 aromatic heterocycles. The van der Waals surface area contributed by atoms with E-state index in [0.717, 1.165) is 64.6 Å². The second kappa shape index (κ2) is 10.0. The first-order valence-electron chi connectivity index (χ1n) is 14.6. The van der Waals surface area contributed by atoms with Crippen molar-refractivity contribution in [1.29, 1.82) is 0 Å². The molecule has 0 saturated carbocycles. The summed E-state index contributed by atoms with van der Waals surface area (Å²) >= 11 is 2.99. The Labute approximate surface area is 273 Å². The highest BCUT2D eigenvalue weighted by atomic mass is 32.1. The quantitative estimate of drug-likeness (QED) is 0.137. The van der Waals surface area contributed by atoms with Crippen LogP contribution in [0, 0.1) is 20.8 Å². The lowest BCUT2D eigenvalue weighted by Gasteiger charge is -2.07. The zero-order valence-corrected chi connectivity index (χ0v) is 26.6. The summed E-state index contributed by atoms with van der Waals surface area (Å²) in [5.41, 5.74) is 3.49. The zero-order valence-electron chi connectivity index (χ0n) is 25.0. The molecule has 0 saturated heterocycles. The molecule has 0 unspecified atom stereocenters. The number of carbonyl (C=O) groups is 4. The van der Waals surface area contributed by atoms with Gasteiger partial charge in [-0.25, -0.2) is 0 Å². The first-order chi connectivity index (χ1) is 22.3. The Hall–Kier alpha value is -4.99. The SMILES string of the molecule is Cc1ccc2c(c1)C(=O)C(=O)/C2=C\c1cc2c(C)cc3c(cc(C)c4cc(/C=C5\C(=O)C(=O)c6cc(C(F)(F)F)ccc65)sc43)c2s1. The van der Waals surface area contributed by atoms with Crippen LogP contribution in [-0.4, -0.2) is 23.1 Å². The number of ketones is 4. The molecule has 0 fully saturated rings. The first-order valence-corrected chi connectivity index (χ1v) is 16.3. The molecule has 2 heterocycles. The molecule has 8 rings (SSSR count). The lowest BCUT2D eigenvalue weighted by Crippen LogP contribution is -2.08. The topological polar surface area (TPSA) is 68.3 Å². The van der Waals surface area contributed by atoms with E-state index in [2.05, 4.69) is 12.1 Å². The summed E-state index contributed by atoms with van der Waals surface area (Å²) < 4.78 is 41.9. The number of benzene rings is 4. The highest BCUT2D eigenvalue weighted by Gasteiger charge is 2.38. The van der Waals surface area contributed by atoms with Gasteiger partial charge < -0.3 is 0 Å². The largest absolute Gasteiger partial charge is 0.416 e. The van der Waals surface area contributed by atoms with E-state index >= 15 is 0 Å². The van der Waals surface area contributed by atoms with Crippen molar-refractivity contribution in [2.24, 2.45) is 0 Å². The molecule has 0 atom stereocenters. The number of hydrogen-bond donors (Lipinski definition) is 0. The average Bonchev–Trinajstić information content (AvgIpc) is 3.76. The van der Waals surface area contributed by atoms with Gasteiger partial charge in [0.05, 0.1) is 5.56 Å². The number of allylic oxidation sites excluding steroid dienone is 2. The average molecular weight is 663 g/mol. The minimum absolute atomic E-state index is 0.0819. The second-order valence-corrected chi connectivity index (χ2v) is 14.2. The highest BCUT2D eigenvalue weighted by Crippen LogP contribution is 2.44. The molecule has 230 valence electrons. The van der Waals surface area contributed by atoms with Crippen LogP contribution in [0.1, 0.15) is 63.9 Å². The van der Waals surface area contributed by atoms with E-state index in [4.69, 9.17) is 0 Å². The third-order valence-electron chi connectivity index (χ3n) is 8.92. The fraction of sp³-hybridized carbons (Fsp3) is 0.105. The first kappa shape index (κ1) is 29.4. The molecule has 4 aromatic carbocycles. The number of alkyl halides is 3. The summed E-state index contributed by atoms with van der Waals surface area (Å²) in [4.78, 5) is 52.8. The molecule has 0 N–H and O–H groups in total. The standard InChI is InChI=1S/C38H21F3O4S2/c1-16-4-6-22-26(8-16)32(42)34(44)28(22)14-20-12-24-17(2)9-31-30(36(24)46-20)10-18(3)25-13-21(47-37(25)31)15-29-23-7-5-19(38(39,40)41)11-27(23)33(43)35(29)45/h4-15H,1-3H3/b28-14-,29-15-. The van der Waals surface area contributed by atoms with Crippen LogP contribution < -0.4 is 0 Å². The maximum Gasteiger partial charge on any atom is 0.416 e. The Morgan fingerprint density at radius 3 is 1.49 bits per heavy atom. The molecule has 47 heavy (non-hydrogen) atoms. The summed E-state index contributed by atoms with van der Waals surface area (Å²) in [5.74, 6) is -2.76. The van der Waals surface area contributed by atoms with Gasteiger partial charge >= 0.3 is 6.18 Å². The Morgan fingerprint density at radius 1 is 0.532 bits per heavy atom. The van der Waals surface area contributed by atoms with Gasteiger partial charge in [-0.2, -0.15) is 13.2 Å². The predicted molar refractivity (Wildman–Crippen MR) is 181 cm³/mol. The van der Waals surface area contributed by atoms with Crippen molar-refractivity contribution in [3.05, 3.63) is 115 Å². The van der Waals surface area contributed by atoms with Crippen LogP contribution in [0.2, 0.25) is 0 Å². The van der Waals surface area contributed by atoms with Crippen LogP contribution in [0.15, 0.2) is 60.7 Å². The lowest BCUT2D eigenvalue weighted by molar-refractivity contribution is -0.137. The minimum Gasteiger partial charge on any atom is -0.285 e. The number of halogens is 3. The second-order valence-electron chi connectivity index (χ2n) is 12.0. The molecular weight excluding hydrogens is 642 g/mol. The number of hydrogen-bond acceptors (Lipinski definition) is 6. The third-order valence-corrected chi connectivity index (χ3v) is 11.2. The Bertz CT molecular complexity index is 2560. The Kier molecular flexibility index (Phi) is 6.26. The molecular formula is C38H21F3O4S2. The predicted octanol–water partition coefficient (Wildman–Crippen LogP) is 9.83. The molecule has 0 bridgehead atoms. The van der Waals surface area contributed by atoms with Crippen molar-refractivity contribution in [3.63, 3.8) is 0 Å². The summed E-state index contributed by atoms with van der Waals surface area (Å²) in [6.45, 7) is 5.90. The molecule has 0 radical (unpaired) electrons. The van der Waals surface area contributed by atoms with E-state index in [1.807, 2.05) is 45.0 Å². The van der Waals surface area contributed by atoms with Crippen LogP contribution in [0.3, 0.4) is 0 Å². The van der Waals surface area contributed by atoms with E-state index in [0.29, 0.717) is 21.6 Å².